The van der Waals surface area contributed by atoms with Crippen LogP contribution in [0.2, 0.25) is 0 Å². The molecule has 8 aromatic carbocycles. The number of benzene rings is 8. The third-order valence-electron chi connectivity index (χ3n) is 10.3. The molecule has 0 amide bonds. The van der Waals surface area contributed by atoms with Gasteiger partial charge < -0.3 is 0 Å². The zero-order chi connectivity index (χ0) is 37.3. The van der Waals surface area contributed by atoms with Crippen LogP contribution < -0.4 is 0 Å². The van der Waals surface area contributed by atoms with E-state index in [4.69, 9.17) is 19.9 Å². The molecule has 0 atom stereocenters. The Labute approximate surface area is 325 Å². The number of rotatable bonds is 7. The molecule has 0 aliphatic carbocycles. The van der Waals surface area contributed by atoms with Gasteiger partial charge in [0, 0.05) is 33.2 Å². The normalized spacial score (nSPS) is 11.2. The van der Waals surface area contributed by atoms with Crippen molar-refractivity contribution in [1.82, 2.24) is 19.9 Å². The van der Waals surface area contributed by atoms with E-state index >= 15 is 0 Å². The Morgan fingerprint density at radius 3 is 1.23 bits per heavy atom. The van der Waals surface area contributed by atoms with Crippen LogP contribution in [-0.2, 0) is 0 Å². The Hall–Kier alpha value is -7.56. The molecule has 4 heteroatoms. The minimum Gasteiger partial charge on any atom is -0.247 e. The van der Waals surface area contributed by atoms with Gasteiger partial charge in [-0.05, 0) is 50.7 Å². The smallest absolute Gasteiger partial charge is 0.164 e. The van der Waals surface area contributed by atoms with Gasteiger partial charge in [-0.3, -0.25) is 0 Å². The minimum absolute atomic E-state index is 0.617. The standard InChI is InChI=1S/C52H34N4/c1-5-15-35(16-6-1)36-25-29-41(30-26-36)51-54-50(40-21-11-4-12-22-40)55-52(56-51)42-31-27-38(28-32-42)46-33-43-23-13-14-24-44(43)48-45(37-17-7-2-8-18-37)34-47(53-49(46)48)39-19-9-3-10-20-39/h1-34H. The minimum atomic E-state index is 0.617. The molecular weight excluding hydrogens is 681 g/mol. The second kappa shape index (κ2) is 14.3. The summed E-state index contributed by atoms with van der Waals surface area (Å²) >= 11 is 0. The summed E-state index contributed by atoms with van der Waals surface area (Å²) in [7, 11) is 0. The van der Waals surface area contributed by atoms with Crippen LogP contribution in [0, 0.1) is 0 Å². The molecule has 0 spiro atoms. The van der Waals surface area contributed by atoms with E-state index in [1.165, 1.54) is 16.3 Å². The van der Waals surface area contributed by atoms with E-state index in [1.807, 2.05) is 42.5 Å². The fraction of sp³-hybridized carbons (Fsp3) is 0. The van der Waals surface area contributed by atoms with Crippen molar-refractivity contribution < 1.29 is 0 Å². The average molecular weight is 715 g/mol. The van der Waals surface area contributed by atoms with Crippen LogP contribution in [0.15, 0.2) is 206 Å². The van der Waals surface area contributed by atoms with Gasteiger partial charge in [-0.15, -0.1) is 0 Å². The van der Waals surface area contributed by atoms with Gasteiger partial charge in [-0.2, -0.15) is 0 Å². The van der Waals surface area contributed by atoms with E-state index < -0.39 is 0 Å². The molecule has 4 nitrogen and oxygen atoms in total. The predicted octanol–water partition coefficient (Wildman–Crippen LogP) is 13.2. The van der Waals surface area contributed by atoms with E-state index in [2.05, 4.69) is 164 Å². The average Bonchev–Trinajstić information content (AvgIpc) is 3.29. The van der Waals surface area contributed by atoms with Gasteiger partial charge in [0.2, 0.25) is 0 Å². The maximum absolute atomic E-state index is 5.42. The van der Waals surface area contributed by atoms with Crippen LogP contribution in [-0.4, -0.2) is 19.9 Å². The van der Waals surface area contributed by atoms with Gasteiger partial charge in [-0.1, -0.05) is 194 Å². The molecule has 0 fully saturated rings. The van der Waals surface area contributed by atoms with Crippen molar-refractivity contribution in [2.75, 3.05) is 0 Å². The molecular formula is C52H34N4. The van der Waals surface area contributed by atoms with Gasteiger partial charge >= 0.3 is 0 Å². The lowest BCUT2D eigenvalue weighted by molar-refractivity contribution is 1.07. The Morgan fingerprint density at radius 2 is 0.661 bits per heavy atom. The van der Waals surface area contributed by atoms with E-state index in [9.17, 15) is 0 Å². The molecule has 0 saturated carbocycles. The lowest BCUT2D eigenvalue weighted by Gasteiger charge is -2.17. The van der Waals surface area contributed by atoms with Crippen LogP contribution in [0.3, 0.4) is 0 Å². The summed E-state index contributed by atoms with van der Waals surface area (Å²) in [5.74, 6) is 1.88. The third kappa shape index (κ3) is 6.29. The van der Waals surface area contributed by atoms with E-state index in [0.29, 0.717) is 17.5 Å². The fourth-order valence-electron chi connectivity index (χ4n) is 7.50. The lowest BCUT2D eigenvalue weighted by Crippen LogP contribution is -2.00. The van der Waals surface area contributed by atoms with Gasteiger partial charge in [0.1, 0.15) is 0 Å². The molecule has 0 aliphatic rings. The highest BCUT2D eigenvalue weighted by Gasteiger charge is 2.18. The molecule has 0 saturated heterocycles. The summed E-state index contributed by atoms with van der Waals surface area (Å²) in [6.07, 6.45) is 0. The Kier molecular flexibility index (Phi) is 8.47. The monoisotopic (exact) mass is 714 g/mol. The Balaban J connectivity index is 1.12. The SMILES string of the molecule is c1ccc(-c2ccc(-c3nc(-c4ccccc4)nc(-c4ccc(-c5cc6ccccc6c6c(-c7ccccc7)cc(-c7ccccc7)nc56)cc4)n3)cc2)cc1. The molecule has 2 aromatic heterocycles. The van der Waals surface area contributed by atoms with Crippen molar-refractivity contribution in [2.24, 2.45) is 0 Å². The largest absolute Gasteiger partial charge is 0.247 e. The molecule has 10 aromatic rings. The first-order valence-corrected chi connectivity index (χ1v) is 18.8. The molecule has 0 bridgehead atoms. The summed E-state index contributed by atoms with van der Waals surface area (Å²) in [6.45, 7) is 0. The zero-order valence-corrected chi connectivity index (χ0v) is 30.4. The number of aromatic nitrogens is 4. The molecule has 2 heterocycles. The quantitative estimate of drug-likeness (QED) is 0.154. The van der Waals surface area contributed by atoms with Crippen molar-refractivity contribution in [3.8, 4) is 78.8 Å². The van der Waals surface area contributed by atoms with Crippen molar-refractivity contribution in [3.05, 3.63) is 206 Å². The summed E-state index contributed by atoms with van der Waals surface area (Å²) in [4.78, 5) is 20.5. The van der Waals surface area contributed by atoms with Crippen molar-refractivity contribution in [2.45, 2.75) is 0 Å². The fourth-order valence-corrected chi connectivity index (χ4v) is 7.50. The maximum atomic E-state index is 5.42. The van der Waals surface area contributed by atoms with Crippen LogP contribution in [0.25, 0.3) is 100 Å². The van der Waals surface area contributed by atoms with E-state index in [-0.39, 0.29) is 0 Å². The summed E-state index contributed by atoms with van der Waals surface area (Å²) < 4.78 is 0. The van der Waals surface area contributed by atoms with Crippen LogP contribution in [0.4, 0.5) is 0 Å². The van der Waals surface area contributed by atoms with Gasteiger partial charge in [0.25, 0.3) is 0 Å². The highest BCUT2D eigenvalue weighted by atomic mass is 15.0. The first-order chi connectivity index (χ1) is 27.7. The number of nitrogens with zero attached hydrogens (tertiary/aromatic N) is 4. The van der Waals surface area contributed by atoms with Gasteiger partial charge in [0.05, 0.1) is 11.2 Å². The molecule has 10 rings (SSSR count). The van der Waals surface area contributed by atoms with Crippen LogP contribution >= 0.6 is 0 Å². The topological polar surface area (TPSA) is 51.6 Å². The number of pyridine rings is 1. The highest BCUT2D eigenvalue weighted by molar-refractivity contribution is 6.18. The molecule has 262 valence electrons. The second-order valence-electron chi connectivity index (χ2n) is 13.8. The zero-order valence-electron chi connectivity index (χ0n) is 30.4. The molecule has 0 N–H and O–H groups in total. The van der Waals surface area contributed by atoms with E-state index in [1.54, 1.807) is 0 Å². The van der Waals surface area contributed by atoms with Gasteiger partial charge in [0.15, 0.2) is 17.5 Å². The van der Waals surface area contributed by atoms with E-state index in [0.717, 1.165) is 66.7 Å². The van der Waals surface area contributed by atoms with Crippen molar-refractivity contribution >= 4 is 21.7 Å². The molecule has 0 radical (unpaired) electrons. The first kappa shape index (κ1) is 33.0. The predicted molar refractivity (Wildman–Crippen MR) is 231 cm³/mol. The number of hydrogen-bond donors (Lipinski definition) is 0. The third-order valence-corrected chi connectivity index (χ3v) is 10.3. The van der Waals surface area contributed by atoms with Crippen LogP contribution in [0.5, 0.6) is 0 Å². The van der Waals surface area contributed by atoms with Crippen molar-refractivity contribution in [1.29, 1.82) is 0 Å². The first-order valence-electron chi connectivity index (χ1n) is 18.8. The Bertz CT molecular complexity index is 2970. The summed E-state index contributed by atoms with van der Waals surface area (Å²) in [6, 6.07) is 71.7. The van der Waals surface area contributed by atoms with Crippen LogP contribution in [0.1, 0.15) is 0 Å². The summed E-state index contributed by atoms with van der Waals surface area (Å²) in [5.41, 5.74) is 12.5. The summed E-state index contributed by atoms with van der Waals surface area (Å²) in [5, 5.41) is 3.48. The highest BCUT2D eigenvalue weighted by Crippen LogP contribution is 2.41. The molecule has 0 aliphatic heterocycles. The number of hydrogen-bond acceptors (Lipinski definition) is 4. The number of fused-ring (bicyclic) bond motifs is 3. The molecule has 0 unspecified atom stereocenters. The lowest BCUT2D eigenvalue weighted by atomic mass is 9.90. The second-order valence-corrected chi connectivity index (χ2v) is 13.8. The molecule has 56 heavy (non-hydrogen) atoms. The van der Waals surface area contributed by atoms with Crippen molar-refractivity contribution in [3.63, 3.8) is 0 Å². The Morgan fingerprint density at radius 1 is 0.268 bits per heavy atom. The van der Waals surface area contributed by atoms with Gasteiger partial charge in [-0.25, -0.2) is 19.9 Å². The maximum Gasteiger partial charge on any atom is 0.164 e.